The largest absolute Gasteiger partial charge is 0.310 e. The van der Waals surface area contributed by atoms with E-state index in [-0.39, 0.29) is 10.8 Å². The Labute approximate surface area is 376 Å². The van der Waals surface area contributed by atoms with Crippen molar-refractivity contribution in [3.63, 3.8) is 0 Å². The molecule has 0 spiro atoms. The molecular formula is C62H48N2. The van der Waals surface area contributed by atoms with Crippen LogP contribution in [0.15, 0.2) is 218 Å². The molecule has 1 heterocycles. The van der Waals surface area contributed by atoms with Gasteiger partial charge < -0.3 is 9.47 Å². The van der Waals surface area contributed by atoms with E-state index >= 15 is 0 Å². The second-order valence-corrected chi connectivity index (χ2v) is 18.6. The summed E-state index contributed by atoms with van der Waals surface area (Å²) >= 11 is 0. The van der Waals surface area contributed by atoms with Gasteiger partial charge in [-0.2, -0.15) is 0 Å². The Bertz CT molecular complexity index is 3440. The van der Waals surface area contributed by atoms with Gasteiger partial charge in [0, 0.05) is 44.4 Å². The zero-order valence-electron chi connectivity index (χ0n) is 36.7. The van der Waals surface area contributed by atoms with Crippen LogP contribution in [0.4, 0.5) is 17.1 Å². The molecule has 306 valence electrons. The number of hydrogen-bond donors (Lipinski definition) is 0. The minimum absolute atomic E-state index is 0.0188. The number of fused-ring (bicyclic) bond motifs is 7. The van der Waals surface area contributed by atoms with Gasteiger partial charge in [-0.25, -0.2) is 0 Å². The average molecular weight is 821 g/mol. The van der Waals surface area contributed by atoms with Gasteiger partial charge in [0.05, 0.1) is 11.0 Å². The van der Waals surface area contributed by atoms with Gasteiger partial charge in [-0.05, 0) is 134 Å². The summed E-state index contributed by atoms with van der Waals surface area (Å²) < 4.78 is 2.38. The smallest absolute Gasteiger partial charge is 0.0542 e. The Morgan fingerprint density at radius 3 is 1.44 bits per heavy atom. The number of nitrogens with zero attached hydrogens (tertiary/aromatic N) is 2. The van der Waals surface area contributed by atoms with Crippen LogP contribution in [0.2, 0.25) is 0 Å². The maximum Gasteiger partial charge on any atom is 0.0542 e. The second kappa shape index (κ2) is 14.4. The van der Waals surface area contributed by atoms with E-state index in [0.29, 0.717) is 0 Å². The molecule has 0 saturated heterocycles. The molecule has 12 rings (SSSR count). The lowest BCUT2D eigenvalue weighted by Gasteiger charge is -2.28. The molecule has 0 radical (unpaired) electrons. The second-order valence-electron chi connectivity index (χ2n) is 18.6. The van der Waals surface area contributed by atoms with Gasteiger partial charge in [-0.15, -0.1) is 0 Å². The maximum atomic E-state index is 2.45. The van der Waals surface area contributed by atoms with Crippen LogP contribution in [0.1, 0.15) is 49.9 Å². The normalized spacial score (nSPS) is 14.4. The van der Waals surface area contributed by atoms with Gasteiger partial charge in [0.15, 0.2) is 0 Å². The lowest BCUT2D eigenvalue weighted by molar-refractivity contribution is 0.694. The van der Waals surface area contributed by atoms with E-state index < -0.39 is 0 Å². The van der Waals surface area contributed by atoms with E-state index in [1.807, 2.05) is 0 Å². The molecule has 2 aliphatic carbocycles. The molecule has 10 aromatic rings. The van der Waals surface area contributed by atoms with Gasteiger partial charge in [-0.1, -0.05) is 179 Å². The van der Waals surface area contributed by atoms with Crippen LogP contribution in [-0.4, -0.2) is 4.57 Å². The number of rotatable bonds is 7. The lowest BCUT2D eigenvalue weighted by atomic mass is 9.75. The zero-order valence-corrected chi connectivity index (χ0v) is 36.7. The van der Waals surface area contributed by atoms with E-state index in [9.17, 15) is 0 Å². The van der Waals surface area contributed by atoms with E-state index in [1.165, 1.54) is 88.6 Å². The molecule has 0 saturated carbocycles. The summed E-state index contributed by atoms with van der Waals surface area (Å²) in [6, 6.07) is 80.3. The molecule has 9 aromatic carbocycles. The predicted molar refractivity (Wildman–Crippen MR) is 271 cm³/mol. The van der Waals surface area contributed by atoms with Crippen molar-refractivity contribution < 1.29 is 0 Å². The average Bonchev–Trinajstić information content (AvgIpc) is 3.90. The van der Waals surface area contributed by atoms with Crippen molar-refractivity contribution in [3.05, 3.63) is 241 Å². The highest BCUT2D eigenvalue weighted by Crippen LogP contribution is 2.62. The number of para-hydroxylation sites is 2. The first-order valence-corrected chi connectivity index (χ1v) is 22.5. The molecule has 0 N–H and O–H groups in total. The molecule has 0 amide bonds. The standard InChI is InChI=1S/C62H48N2/c1-61(2)55-21-13-11-20-52(55)59-60(61)53-37-31-46(39-56(53)62(59,3)4)45-25-23-42(24-26-45)44-29-34-49(35-30-44)63(48-32-27-43(28-33-48)41-15-7-5-8-16-41)50-36-38-58-54(40-50)51-19-12-14-22-57(51)64(58)47-17-9-6-10-18-47/h5-40H,1-4H3. The molecule has 0 fully saturated rings. The predicted octanol–water partition coefficient (Wildman–Crippen LogP) is 16.7. The highest BCUT2D eigenvalue weighted by atomic mass is 15.1. The fourth-order valence-corrected chi connectivity index (χ4v) is 11.0. The van der Waals surface area contributed by atoms with Gasteiger partial charge >= 0.3 is 0 Å². The third kappa shape index (κ3) is 5.86. The van der Waals surface area contributed by atoms with E-state index in [4.69, 9.17) is 0 Å². The molecule has 0 aliphatic heterocycles. The lowest BCUT2D eigenvalue weighted by Crippen LogP contribution is -2.19. The van der Waals surface area contributed by atoms with Crippen molar-refractivity contribution in [2.24, 2.45) is 0 Å². The minimum atomic E-state index is -0.0726. The van der Waals surface area contributed by atoms with Crippen LogP contribution in [0.25, 0.3) is 72.0 Å². The molecule has 2 heteroatoms. The summed E-state index contributed by atoms with van der Waals surface area (Å²) in [4.78, 5) is 2.38. The fraction of sp³-hybridized carbons (Fsp3) is 0.0968. The van der Waals surface area contributed by atoms with Crippen LogP contribution in [0.3, 0.4) is 0 Å². The number of hydrogen-bond acceptors (Lipinski definition) is 1. The highest BCUT2D eigenvalue weighted by molar-refractivity contribution is 6.11. The Kier molecular flexibility index (Phi) is 8.58. The van der Waals surface area contributed by atoms with Crippen molar-refractivity contribution in [3.8, 4) is 39.1 Å². The summed E-state index contributed by atoms with van der Waals surface area (Å²) in [5, 5.41) is 2.46. The number of aromatic nitrogens is 1. The summed E-state index contributed by atoms with van der Waals surface area (Å²) in [5.41, 5.74) is 22.8. The minimum Gasteiger partial charge on any atom is -0.310 e. The van der Waals surface area contributed by atoms with E-state index in [1.54, 1.807) is 0 Å². The molecule has 1 aromatic heterocycles. The Morgan fingerprint density at radius 1 is 0.328 bits per heavy atom. The molecule has 2 nitrogen and oxygen atoms in total. The summed E-state index contributed by atoms with van der Waals surface area (Å²) in [5.74, 6) is 0. The molecule has 2 aliphatic rings. The molecule has 0 atom stereocenters. The monoisotopic (exact) mass is 820 g/mol. The van der Waals surface area contributed by atoms with Gasteiger partial charge in [0.1, 0.15) is 0 Å². The summed E-state index contributed by atoms with van der Waals surface area (Å²) in [6.07, 6.45) is 0. The van der Waals surface area contributed by atoms with Gasteiger partial charge in [-0.3, -0.25) is 0 Å². The zero-order chi connectivity index (χ0) is 43.2. The number of anilines is 3. The summed E-state index contributed by atoms with van der Waals surface area (Å²) in [6.45, 7) is 9.61. The first-order valence-electron chi connectivity index (χ1n) is 22.5. The Hall–Kier alpha value is -7.68. The maximum absolute atomic E-state index is 2.45. The van der Waals surface area contributed by atoms with Gasteiger partial charge in [0.2, 0.25) is 0 Å². The van der Waals surface area contributed by atoms with Crippen molar-refractivity contribution >= 4 is 50.0 Å². The SMILES string of the molecule is CC1(C)C2=C(c3ccccc31)C(C)(C)c1cc(-c3ccc(-c4ccc(N(c5ccc(-c6ccccc6)cc5)c5ccc6c(c5)c5ccccc5n6-c5ccccc5)cc4)cc3)ccc12. The van der Waals surface area contributed by atoms with E-state index in [2.05, 4.69) is 256 Å². The third-order valence-corrected chi connectivity index (χ3v) is 14.2. The van der Waals surface area contributed by atoms with Crippen molar-refractivity contribution in [2.75, 3.05) is 4.90 Å². The van der Waals surface area contributed by atoms with Crippen LogP contribution in [0, 0.1) is 0 Å². The first kappa shape index (κ1) is 38.0. The third-order valence-electron chi connectivity index (χ3n) is 14.2. The van der Waals surface area contributed by atoms with Crippen LogP contribution < -0.4 is 4.90 Å². The van der Waals surface area contributed by atoms with Crippen molar-refractivity contribution in [1.29, 1.82) is 0 Å². The number of allylic oxidation sites excluding steroid dienone is 2. The molecule has 0 bridgehead atoms. The fourth-order valence-electron chi connectivity index (χ4n) is 11.0. The van der Waals surface area contributed by atoms with Crippen molar-refractivity contribution in [1.82, 2.24) is 4.57 Å². The van der Waals surface area contributed by atoms with Crippen LogP contribution in [0.5, 0.6) is 0 Å². The van der Waals surface area contributed by atoms with Crippen molar-refractivity contribution in [2.45, 2.75) is 38.5 Å². The van der Waals surface area contributed by atoms with E-state index in [0.717, 1.165) is 22.7 Å². The Balaban J connectivity index is 0.888. The quantitative estimate of drug-likeness (QED) is 0.155. The number of benzene rings is 9. The Morgan fingerprint density at radius 2 is 0.781 bits per heavy atom. The molecular weight excluding hydrogens is 773 g/mol. The summed E-state index contributed by atoms with van der Waals surface area (Å²) in [7, 11) is 0. The van der Waals surface area contributed by atoms with Gasteiger partial charge in [0.25, 0.3) is 0 Å². The first-order chi connectivity index (χ1) is 31.3. The highest BCUT2D eigenvalue weighted by Gasteiger charge is 2.49. The topological polar surface area (TPSA) is 8.17 Å². The molecule has 0 unspecified atom stereocenters. The molecule has 64 heavy (non-hydrogen) atoms. The van der Waals surface area contributed by atoms with Crippen LogP contribution >= 0.6 is 0 Å². The van der Waals surface area contributed by atoms with Crippen LogP contribution in [-0.2, 0) is 10.8 Å².